The quantitative estimate of drug-likeness (QED) is 0.490. The van der Waals surface area contributed by atoms with Gasteiger partial charge in [0, 0.05) is 19.5 Å². The van der Waals surface area contributed by atoms with Gasteiger partial charge in [0.1, 0.15) is 5.75 Å². The number of nitrogens with one attached hydrogen (secondary N) is 1. The molecule has 1 amide bonds. The number of esters is 2. The molecule has 0 bridgehead atoms. The number of hydrogen-bond donors (Lipinski definition) is 1. The van der Waals surface area contributed by atoms with E-state index in [9.17, 15) is 14.4 Å². The summed E-state index contributed by atoms with van der Waals surface area (Å²) in [4.78, 5) is 37.1. The first-order valence-corrected chi connectivity index (χ1v) is 8.44. The summed E-state index contributed by atoms with van der Waals surface area (Å²) in [7, 11) is 0. The van der Waals surface area contributed by atoms with Crippen LogP contribution in [0.15, 0.2) is 35.5 Å². The van der Waals surface area contributed by atoms with Gasteiger partial charge in [0.2, 0.25) is 5.91 Å². The third kappa shape index (κ3) is 4.08. The predicted molar refractivity (Wildman–Crippen MR) is 98.1 cm³/mol. The zero-order valence-corrected chi connectivity index (χ0v) is 15.8. The molecular formula is C18H20N2O5S. The zero-order valence-electron chi connectivity index (χ0n) is 15.0. The number of hydrogen-bond acceptors (Lipinski definition) is 6. The van der Waals surface area contributed by atoms with Crippen LogP contribution in [0.5, 0.6) is 5.75 Å². The van der Waals surface area contributed by atoms with Gasteiger partial charge in [-0.15, -0.1) is 0 Å². The molecule has 138 valence electrons. The molecule has 0 aromatic heterocycles. The lowest BCUT2D eigenvalue weighted by Crippen LogP contribution is -2.50. The molecule has 0 saturated heterocycles. The molecule has 1 atom stereocenters. The zero-order chi connectivity index (χ0) is 19.4. The molecule has 1 aliphatic heterocycles. The van der Waals surface area contributed by atoms with E-state index in [1.807, 2.05) is 0 Å². The minimum Gasteiger partial charge on any atom is -0.463 e. The highest BCUT2D eigenvalue weighted by molar-refractivity contribution is 7.80. The Balaban J connectivity index is 2.54. The van der Waals surface area contributed by atoms with E-state index in [1.165, 1.54) is 18.7 Å². The van der Waals surface area contributed by atoms with Gasteiger partial charge in [0.15, 0.2) is 5.11 Å². The van der Waals surface area contributed by atoms with Crippen molar-refractivity contribution in [2.45, 2.75) is 33.7 Å². The van der Waals surface area contributed by atoms with Crippen molar-refractivity contribution in [3.63, 3.8) is 0 Å². The van der Waals surface area contributed by atoms with E-state index in [0.29, 0.717) is 22.6 Å². The molecule has 8 heteroatoms. The van der Waals surface area contributed by atoms with Crippen LogP contribution in [-0.2, 0) is 19.1 Å². The highest BCUT2D eigenvalue weighted by Gasteiger charge is 2.38. The fraction of sp³-hybridized carbons (Fsp3) is 0.333. The van der Waals surface area contributed by atoms with Gasteiger partial charge in [-0.1, -0.05) is 12.1 Å². The molecule has 0 aliphatic carbocycles. The second kappa shape index (κ2) is 8.09. The van der Waals surface area contributed by atoms with Gasteiger partial charge >= 0.3 is 11.9 Å². The van der Waals surface area contributed by atoms with Crippen LogP contribution >= 0.6 is 12.2 Å². The fourth-order valence-corrected chi connectivity index (χ4v) is 3.12. The van der Waals surface area contributed by atoms with Crippen molar-refractivity contribution < 1.29 is 23.9 Å². The molecule has 0 radical (unpaired) electrons. The molecule has 0 saturated carbocycles. The van der Waals surface area contributed by atoms with Gasteiger partial charge in [0.25, 0.3) is 0 Å². The fourth-order valence-electron chi connectivity index (χ4n) is 2.74. The van der Waals surface area contributed by atoms with E-state index >= 15 is 0 Å². The number of ether oxygens (including phenoxy) is 2. The lowest BCUT2D eigenvalue weighted by molar-refractivity contribution is -0.139. The standard InChI is InChI=1S/C18H20N2O5S/c1-5-24-17(23)15-10(2)19-18(26)20(11(3)21)16(15)13-6-8-14(9-7-13)25-12(4)22/h6-9,16H,5H2,1-4H3,(H,19,26)/t16-/m0/s1. The number of allylic oxidation sites excluding steroid dienone is 1. The van der Waals surface area contributed by atoms with Gasteiger partial charge in [-0.05, 0) is 43.8 Å². The summed E-state index contributed by atoms with van der Waals surface area (Å²) in [5, 5.41) is 3.09. The van der Waals surface area contributed by atoms with Gasteiger partial charge in [-0.2, -0.15) is 0 Å². The van der Waals surface area contributed by atoms with E-state index in [0.717, 1.165) is 0 Å². The summed E-state index contributed by atoms with van der Waals surface area (Å²) in [5.74, 6) is -0.911. The lowest BCUT2D eigenvalue weighted by atomic mass is 9.93. The van der Waals surface area contributed by atoms with Crippen molar-refractivity contribution in [3.05, 3.63) is 41.1 Å². The van der Waals surface area contributed by atoms with Crippen LogP contribution in [-0.4, -0.2) is 34.5 Å². The highest BCUT2D eigenvalue weighted by Crippen LogP contribution is 2.35. The molecule has 1 aromatic rings. The van der Waals surface area contributed by atoms with Crippen molar-refractivity contribution in [1.29, 1.82) is 0 Å². The molecular weight excluding hydrogens is 356 g/mol. The van der Waals surface area contributed by atoms with Gasteiger partial charge in [-0.3, -0.25) is 14.5 Å². The third-order valence-corrected chi connectivity index (χ3v) is 4.04. The number of amides is 1. The summed E-state index contributed by atoms with van der Waals surface area (Å²) in [6.45, 7) is 6.30. The Morgan fingerprint density at radius 1 is 1.19 bits per heavy atom. The highest BCUT2D eigenvalue weighted by atomic mass is 32.1. The van der Waals surface area contributed by atoms with Crippen LogP contribution in [0.3, 0.4) is 0 Å². The van der Waals surface area contributed by atoms with Gasteiger partial charge < -0.3 is 14.8 Å². The smallest absolute Gasteiger partial charge is 0.338 e. The Labute approximate surface area is 156 Å². The lowest BCUT2D eigenvalue weighted by Gasteiger charge is -2.37. The third-order valence-electron chi connectivity index (χ3n) is 3.74. The second-order valence-electron chi connectivity index (χ2n) is 5.64. The largest absolute Gasteiger partial charge is 0.463 e. The molecule has 0 unspecified atom stereocenters. The van der Waals surface area contributed by atoms with E-state index < -0.39 is 18.0 Å². The molecule has 1 N–H and O–H groups in total. The number of thiocarbonyl (C=S) groups is 1. The molecule has 1 aliphatic rings. The van der Waals surface area contributed by atoms with Crippen LogP contribution in [0.25, 0.3) is 0 Å². The summed E-state index contributed by atoms with van der Waals surface area (Å²) in [6.07, 6.45) is 0. The minimum absolute atomic E-state index is 0.206. The Morgan fingerprint density at radius 3 is 2.31 bits per heavy atom. The molecule has 0 fully saturated rings. The maximum absolute atomic E-state index is 12.5. The number of benzene rings is 1. The van der Waals surface area contributed by atoms with Crippen molar-refractivity contribution in [3.8, 4) is 5.75 Å². The number of nitrogens with zero attached hydrogens (tertiary/aromatic N) is 1. The SMILES string of the molecule is CCOC(=O)C1=C(C)NC(=S)N(C(C)=O)[C@H]1c1ccc(OC(C)=O)cc1. The van der Waals surface area contributed by atoms with Crippen LogP contribution < -0.4 is 10.1 Å². The predicted octanol–water partition coefficient (Wildman–Crippen LogP) is 2.23. The summed E-state index contributed by atoms with van der Waals surface area (Å²) >= 11 is 5.28. The van der Waals surface area contributed by atoms with E-state index in [-0.39, 0.29) is 17.6 Å². The van der Waals surface area contributed by atoms with Crippen LogP contribution in [0.2, 0.25) is 0 Å². The Bertz CT molecular complexity index is 785. The van der Waals surface area contributed by atoms with E-state index in [4.69, 9.17) is 21.7 Å². The average molecular weight is 376 g/mol. The monoisotopic (exact) mass is 376 g/mol. The average Bonchev–Trinajstić information content (AvgIpc) is 2.54. The van der Waals surface area contributed by atoms with Crippen LogP contribution in [0.1, 0.15) is 39.3 Å². The van der Waals surface area contributed by atoms with E-state index in [2.05, 4.69) is 5.32 Å². The topological polar surface area (TPSA) is 84.9 Å². The minimum atomic E-state index is -0.730. The molecule has 1 heterocycles. The molecule has 2 rings (SSSR count). The summed E-state index contributed by atoms with van der Waals surface area (Å²) < 4.78 is 10.2. The van der Waals surface area contributed by atoms with Gasteiger partial charge in [-0.25, -0.2) is 4.79 Å². The molecule has 1 aromatic carbocycles. The summed E-state index contributed by atoms with van der Waals surface area (Å²) in [5.41, 5.74) is 1.47. The number of carbonyl (C=O) groups is 3. The first-order valence-electron chi connectivity index (χ1n) is 8.03. The summed E-state index contributed by atoms with van der Waals surface area (Å²) in [6, 6.07) is 5.82. The van der Waals surface area contributed by atoms with Crippen LogP contribution in [0.4, 0.5) is 0 Å². The Kier molecular flexibility index (Phi) is 6.10. The van der Waals surface area contributed by atoms with Crippen molar-refractivity contribution in [2.24, 2.45) is 0 Å². The Hall–Kier alpha value is -2.74. The maximum atomic E-state index is 12.5. The number of rotatable bonds is 4. The molecule has 0 spiro atoms. The van der Waals surface area contributed by atoms with Crippen molar-refractivity contribution >= 4 is 35.2 Å². The van der Waals surface area contributed by atoms with Crippen molar-refractivity contribution in [1.82, 2.24) is 10.2 Å². The first-order chi connectivity index (χ1) is 12.3. The van der Waals surface area contributed by atoms with Crippen molar-refractivity contribution in [2.75, 3.05) is 6.61 Å². The normalized spacial score (nSPS) is 16.8. The first kappa shape index (κ1) is 19.6. The van der Waals surface area contributed by atoms with E-state index in [1.54, 1.807) is 38.1 Å². The number of carbonyl (C=O) groups excluding carboxylic acids is 3. The second-order valence-corrected chi connectivity index (χ2v) is 6.03. The van der Waals surface area contributed by atoms with Crippen LogP contribution in [0, 0.1) is 0 Å². The van der Waals surface area contributed by atoms with Gasteiger partial charge in [0.05, 0.1) is 18.2 Å². The Morgan fingerprint density at radius 2 is 1.81 bits per heavy atom. The molecule has 26 heavy (non-hydrogen) atoms. The maximum Gasteiger partial charge on any atom is 0.338 e. The molecule has 7 nitrogen and oxygen atoms in total.